The topological polar surface area (TPSA) is 61.5 Å². The highest BCUT2D eigenvalue weighted by Crippen LogP contribution is 2.32. The zero-order valence-corrected chi connectivity index (χ0v) is 14.9. The van der Waals surface area contributed by atoms with Gasteiger partial charge in [0.1, 0.15) is 17.1 Å². The van der Waals surface area contributed by atoms with Crippen molar-refractivity contribution in [2.75, 3.05) is 0 Å². The number of unbranched alkanes of at least 4 members (excludes halogenated alkanes) is 2. The first-order valence-corrected chi connectivity index (χ1v) is 8.72. The SMILES string of the molecule is CCCCCc1ccc(-c2cc3ccc(OC(C)(N)S)cc3o2)o1. The summed E-state index contributed by atoms with van der Waals surface area (Å²) < 4.78 is 17.4. The summed E-state index contributed by atoms with van der Waals surface area (Å²) in [5, 5.41) is -0.0449. The van der Waals surface area contributed by atoms with Crippen LogP contribution in [-0.4, -0.2) is 5.06 Å². The Hall–Kier alpha value is -1.85. The Labute approximate surface area is 147 Å². The fourth-order valence-corrected chi connectivity index (χ4v) is 2.73. The molecule has 0 amide bonds. The van der Waals surface area contributed by atoms with Gasteiger partial charge in [0.15, 0.2) is 11.5 Å². The second-order valence-electron chi connectivity index (χ2n) is 6.19. The molecule has 1 aromatic carbocycles. The van der Waals surface area contributed by atoms with Gasteiger partial charge in [0.2, 0.25) is 5.06 Å². The highest BCUT2D eigenvalue weighted by atomic mass is 32.1. The molecule has 0 spiro atoms. The molecule has 1 atom stereocenters. The van der Waals surface area contributed by atoms with Crippen molar-refractivity contribution in [1.29, 1.82) is 0 Å². The molecular weight excluding hydrogens is 322 g/mol. The largest absolute Gasteiger partial charge is 0.464 e. The summed E-state index contributed by atoms with van der Waals surface area (Å²) in [6, 6.07) is 11.5. The van der Waals surface area contributed by atoms with E-state index in [1.54, 1.807) is 6.92 Å². The zero-order valence-electron chi connectivity index (χ0n) is 14.0. The highest BCUT2D eigenvalue weighted by Gasteiger charge is 2.15. The van der Waals surface area contributed by atoms with Crippen molar-refractivity contribution >= 4 is 23.6 Å². The molecule has 0 radical (unpaired) electrons. The molecule has 5 heteroatoms. The lowest BCUT2D eigenvalue weighted by Crippen LogP contribution is -2.35. The number of hydrogen-bond donors (Lipinski definition) is 2. The van der Waals surface area contributed by atoms with Crippen molar-refractivity contribution in [3.05, 3.63) is 42.2 Å². The average molecular weight is 345 g/mol. The standard InChI is InChI=1S/C19H23NO3S/c1-3-4-5-6-14-9-10-16(21-14)18-11-13-7-8-15(12-17(13)22-18)23-19(2,20)24/h7-12,24H,3-6,20H2,1-2H3. The van der Waals surface area contributed by atoms with Gasteiger partial charge in [-0.15, -0.1) is 12.6 Å². The molecule has 0 saturated carbocycles. The predicted octanol–water partition coefficient (Wildman–Crippen LogP) is 5.37. The van der Waals surface area contributed by atoms with Crippen LogP contribution >= 0.6 is 12.6 Å². The smallest absolute Gasteiger partial charge is 0.201 e. The van der Waals surface area contributed by atoms with Gasteiger partial charge in [-0.3, -0.25) is 5.73 Å². The lowest BCUT2D eigenvalue weighted by Gasteiger charge is -2.19. The van der Waals surface area contributed by atoms with E-state index in [0.717, 1.165) is 35.3 Å². The summed E-state index contributed by atoms with van der Waals surface area (Å²) in [6.07, 6.45) is 4.53. The molecule has 0 fully saturated rings. The second-order valence-corrected chi connectivity index (χ2v) is 7.08. The first-order chi connectivity index (χ1) is 11.4. The molecule has 24 heavy (non-hydrogen) atoms. The van der Waals surface area contributed by atoms with Crippen molar-refractivity contribution in [3.8, 4) is 17.3 Å². The second kappa shape index (κ2) is 6.95. The van der Waals surface area contributed by atoms with Crippen LogP contribution in [-0.2, 0) is 6.42 Å². The minimum atomic E-state index is -1.03. The van der Waals surface area contributed by atoms with Crippen LogP contribution < -0.4 is 10.5 Å². The van der Waals surface area contributed by atoms with Gasteiger partial charge in [0.25, 0.3) is 0 Å². The number of hydrogen-bond acceptors (Lipinski definition) is 5. The molecule has 3 rings (SSSR count). The van der Waals surface area contributed by atoms with Gasteiger partial charge < -0.3 is 13.6 Å². The van der Waals surface area contributed by atoms with Gasteiger partial charge in [0.05, 0.1) is 0 Å². The van der Waals surface area contributed by atoms with Gasteiger partial charge in [-0.2, -0.15) is 0 Å². The van der Waals surface area contributed by atoms with Crippen LogP contribution in [0.1, 0.15) is 38.9 Å². The maximum absolute atomic E-state index is 5.91. The molecule has 0 bridgehead atoms. The number of nitrogens with two attached hydrogens (primary N) is 1. The van der Waals surface area contributed by atoms with Crippen LogP contribution in [0, 0.1) is 0 Å². The molecule has 0 aliphatic rings. The number of rotatable bonds is 7. The number of furan rings is 2. The van der Waals surface area contributed by atoms with E-state index in [0.29, 0.717) is 11.5 Å². The summed E-state index contributed by atoms with van der Waals surface area (Å²) in [7, 11) is 0. The number of ether oxygens (including phenoxy) is 1. The van der Waals surface area contributed by atoms with Crippen LogP contribution in [0.25, 0.3) is 22.5 Å². The summed E-state index contributed by atoms with van der Waals surface area (Å²) in [5.41, 5.74) is 6.48. The molecule has 3 aromatic rings. The van der Waals surface area contributed by atoms with Crippen LogP contribution in [0.15, 0.2) is 45.2 Å². The molecule has 0 saturated heterocycles. The lowest BCUT2D eigenvalue weighted by atomic mass is 10.2. The fourth-order valence-electron chi connectivity index (χ4n) is 2.63. The fraction of sp³-hybridized carbons (Fsp3) is 0.368. The van der Waals surface area contributed by atoms with E-state index in [-0.39, 0.29) is 0 Å². The molecule has 128 valence electrons. The molecule has 2 heterocycles. The number of thiol groups is 1. The summed E-state index contributed by atoms with van der Waals surface area (Å²) in [5.74, 6) is 3.07. The van der Waals surface area contributed by atoms with E-state index in [1.807, 2.05) is 36.4 Å². The third kappa shape index (κ3) is 4.16. The van der Waals surface area contributed by atoms with E-state index >= 15 is 0 Å². The van der Waals surface area contributed by atoms with Gasteiger partial charge in [0, 0.05) is 17.9 Å². The number of benzene rings is 1. The van der Waals surface area contributed by atoms with Gasteiger partial charge in [-0.1, -0.05) is 19.8 Å². The van der Waals surface area contributed by atoms with E-state index in [4.69, 9.17) is 19.3 Å². The van der Waals surface area contributed by atoms with E-state index in [9.17, 15) is 0 Å². The van der Waals surface area contributed by atoms with Crippen molar-refractivity contribution in [1.82, 2.24) is 0 Å². The maximum Gasteiger partial charge on any atom is 0.201 e. The summed E-state index contributed by atoms with van der Waals surface area (Å²) >= 11 is 4.17. The zero-order chi connectivity index (χ0) is 17.2. The number of fused-ring (bicyclic) bond motifs is 1. The van der Waals surface area contributed by atoms with Gasteiger partial charge >= 0.3 is 0 Å². The van der Waals surface area contributed by atoms with Crippen molar-refractivity contribution in [2.24, 2.45) is 5.73 Å². The third-order valence-electron chi connectivity index (χ3n) is 3.75. The van der Waals surface area contributed by atoms with Gasteiger partial charge in [-0.05, 0) is 43.7 Å². The normalized spacial score (nSPS) is 14.0. The Morgan fingerprint density at radius 1 is 1.08 bits per heavy atom. The Bertz CT molecular complexity index is 813. The predicted molar refractivity (Wildman–Crippen MR) is 99.4 cm³/mol. The Morgan fingerprint density at radius 3 is 2.67 bits per heavy atom. The van der Waals surface area contributed by atoms with Crippen molar-refractivity contribution in [2.45, 2.75) is 44.6 Å². The minimum absolute atomic E-state index is 0.614. The first-order valence-electron chi connectivity index (χ1n) is 8.27. The summed E-state index contributed by atoms with van der Waals surface area (Å²) in [4.78, 5) is 0. The van der Waals surface area contributed by atoms with E-state index < -0.39 is 5.06 Å². The van der Waals surface area contributed by atoms with E-state index in [1.165, 1.54) is 12.8 Å². The average Bonchev–Trinajstić information content (AvgIpc) is 3.11. The molecule has 1 unspecified atom stereocenters. The molecule has 0 aliphatic carbocycles. The monoisotopic (exact) mass is 345 g/mol. The number of aryl methyl sites for hydroxylation is 1. The van der Waals surface area contributed by atoms with Crippen LogP contribution in [0.3, 0.4) is 0 Å². The Balaban J connectivity index is 1.80. The third-order valence-corrected chi connectivity index (χ3v) is 3.84. The Kier molecular flexibility index (Phi) is 4.92. The Morgan fingerprint density at radius 2 is 1.92 bits per heavy atom. The summed E-state index contributed by atoms with van der Waals surface area (Å²) in [6.45, 7) is 3.87. The molecule has 4 nitrogen and oxygen atoms in total. The first kappa shape index (κ1) is 17.0. The highest BCUT2D eigenvalue weighted by molar-refractivity contribution is 7.81. The van der Waals surface area contributed by atoms with Crippen LogP contribution in [0.4, 0.5) is 0 Å². The van der Waals surface area contributed by atoms with Gasteiger partial charge in [-0.25, -0.2) is 0 Å². The maximum atomic E-state index is 5.91. The molecule has 0 aliphatic heterocycles. The molecular formula is C19H23NO3S. The van der Waals surface area contributed by atoms with Crippen molar-refractivity contribution in [3.63, 3.8) is 0 Å². The van der Waals surface area contributed by atoms with Crippen LogP contribution in [0.5, 0.6) is 5.75 Å². The van der Waals surface area contributed by atoms with E-state index in [2.05, 4.69) is 19.6 Å². The van der Waals surface area contributed by atoms with Crippen molar-refractivity contribution < 1.29 is 13.6 Å². The quantitative estimate of drug-likeness (QED) is 0.343. The molecule has 2 N–H and O–H groups in total. The van der Waals surface area contributed by atoms with Crippen LogP contribution in [0.2, 0.25) is 0 Å². The minimum Gasteiger partial charge on any atom is -0.464 e. The molecule has 2 aromatic heterocycles. The lowest BCUT2D eigenvalue weighted by molar-refractivity contribution is 0.197.